The van der Waals surface area contributed by atoms with Crippen molar-refractivity contribution < 1.29 is 9.53 Å². The molecule has 1 amide bonds. The highest BCUT2D eigenvalue weighted by molar-refractivity contribution is 5.67. The Labute approximate surface area is 120 Å². The SMILES string of the molecule is CC(C)(C)OC(=O)NNC1(c2ccccc2)CC=CC1. The van der Waals surface area contributed by atoms with Gasteiger partial charge in [0, 0.05) is 0 Å². The molecule has 0 unspecified atom stereocenters. The van der Waals surface area contributed by atoms with Gasteiger partial charge in [-0.3, -0.25) is 5.43 Å². The van der Waals surface area contributed by atoms with Gasteiger partial charge < -0.3 is 4.74 Å². The van der Waals surface area contributed by atoms with Crippen LogP contribution in [0.5, 0.6) is 0 Å². The number of benzene rings is 1. The van der Waals surface area contributed by atoms with Crippen LogP contribution < -0.4 is 10.9 Å². The molecule has 1 aromatic rings. The smallest absolute Gasteiger partial charge is 0.422 e. The average molecular weight is 274 g/mol. The third-order valence-corrected chi connectivity index (χ3v) is 3.23. The molecule has 4 nitrogen and oxygen atoms in total. The Morgan fingerprint density at radius 1 is 1.15 bits per heavy atom. The predicted octanol–water partition coefficient (Wildman–Crippen LogP) is 3.26. The zero-order chi connectivity index (χ0) is 14.6. The molecule has 2 N–H and O–H groups in total. The van der Waals surface area contributed by atoms with Gasteiger partial charge in [-0.25, -0.2) is 10.2 Å². The zero-order valence-corrected chi connectivity index (χ0v) is 12.3. The zero-order valence-electron chi connectivity index (χ0n) is 12.3. The number of ether oxygens (including phenoxy) is 1. The summed E-state index contributed by atoms with van der Waals surface area (Å²) in [6.07, 6.45) is 5.47. The Morgan fingerprint density at radius 3 is 2.30 bits per heavy atom. The Hall–Kier alpha value is -1.81. The van der Waals surface area contributed by atoms with E-state index in [0.29, 0.717) is 0 Å². The first-order chi connectivity index (χ1) is 9.41. The van der Waals surface area contributed by atoms with Crippen molar-refractivity contribution in [1.82, 2.24) is 10.9 Å². The van der Waals surface area contributed by atoms with Gasteiger partial charge in [-0.05, 0) is 39.2 Å². The summed E-state index contributed by atoms with van der Waals surface area (Å²) >= 11 is 0. The van der Waals surface area contributed by atoms with Crippen molar-refractivity contribution in [3.63, 3.8) is 0 Å². The quantitative estimate of drug-likeness (QED) is 0.657. The molecule has 108 valence electrons. The number of hydrogen-bond acceptors (Lipinski definition) is 3. The van der Waals surface area contributed by atoms with E-state index in [1.807, 2.05) is 39.0 Å². The lowest BCUT2D eigenvalue weighted by atomic mass is 9.88. The first-order valence-electron chi connectivity index (χ1n) is 6.88. The van der Waals surface area contributed by atoms with E-state index >= 15 is 0 Å². The van der Waals surface area contributed by atoms with Crippen LogP contribution in [0, 0.1) is 0 Å². The molecule has 0 spiro atoms. The summed E-state index contributed by atoms with van der Waals surface area (Å²) < 4.78 is 5.25. The molecule has 0 aromatic heterocycles. The van der Waals surface area contributed by atoms with Crippen molar-refractivity contribution in [2.24, 2.45) is 0 Å². The topological polar surface area (TPSA) is 50.4 Å². The lowest BCUT2D eigenvalue weighted by molar-refractivity contribution is 0.0464. The van der Waals surface area contributed by atoms with Crippen LogP contribution in [0.3, 0.4) is 0 Å². The lowest BCUT2D eigenvalue weighted by Gasteiger charge is -2.31. The normalized spacial score (nSPS) is 16.9. The van der Waals surface area contributed by atoms with E-state index in [2.05, 4.69) is 35.1 Å². The summed E-state index contributed by atoms with van der Waals surface area (Å²) in [6, 6.07) is 10.1. The monoisotopic (exact) mass is 274 g/mol. The first kappa shape index (κ1) is 14.6. The number of carbonyl (C=O) groups is 1. The van der Waals surface area contributed by atoms with Crippen molar-refractivity contribution in [2.45, 2.75) is 44.8 Å². The average Bonchev–Trinajstić information content (AvgIpc) is 2.85. The van der Waals surface area contributed by atoms with Crippen LogP contribution in [0.2, 0.25) is 0 Å². The van der Waals surface area contributed by atoms with E-state index in [-0.39, 0.29) is 5.54 Å². The molecular formula is C16H22N2O2. The van der Waals surface area contributed by atoms with Crippen LogP contribution in [0.15, 0.2) is 42.5 Å². The molecule has 1 aromatic carbocycles. The van der Waals surface area contributed by atoms with Crippen LogP contribution in [-0.4, -0.2) is 11.7 Å². The Balaban J connectivity index is 2.03. The van der Waals surface area contributed by atoms with Crippen molar-refractivity contribution in [1.29, 1.82) is 0 Å². The minimum atomic E-state index is -0.500. The molecule has 0 saturated heterocycles. The third-order valence-electron chi connectivity index (χ3n) is 3.23. The number of hydrazine groups is 1. The predicted molar refractivity (Wildman–Crippen MR) is 79.0 cm³/mol. The highest BCUT2D eigenvalue weighted by atomic mass is 16.6. The van der Waals surface area contributed by atoms with Gasteiger partial charge in [-0.1, -0.05) is 42.5 Å². The van der Waals surface area contributed by atoms with Crippen LogP contribution >= 0.6 is 0 Å². The van der Waals surface area contributed by atoms with E-state index in [1.165, 1.54) is 0 Å². The maximum Gasteiger partial charge on any atom is 0.422 e. The van der Waals surface area contributed by atoms with Gasteiger partial charge in [0.1, 0.15) is 5.60 Å². The molecule has 0 atom stereocenters. The molecule has 20 heavy (non-hydrogen) atoms. The maximum absolute atomic E-state index is 11.8. The number of rotatable bonds is 3. The second-order valence-electron chi connectivity index (χ2n) is 6.08. The molecule has 1 aliphatic rings. The van der Waals surface area contributed by atoms with E-state index in [4.69, 9.17) is 4.74 Å². The largest absolute Gasteiger partial charge is 0.443 e. The number of amides is 1. The Kier molecular flexibility index (Phi) is 4.14. The number of hydrogen-bond donors (Lipinski definition) is 2. The van der Waals surface area contributed by atoms with Gasteiger partial charge in [0.15, 0.2) is 0 Å². The molecule has 2 rings (SSSR count). The van der Waals surface area contributed by atoms with Gasteiger partial charge in [-0.2, -0.15) is 0 Å². The fourth-order valence-electron chi connectivity index (χ4n) is 2.29. The van der Waals surface area contributed by atoms with Crippen molar-refractivity contribution in [3.8, 4) is 0 Å². The van der Waals surface area contributed by atoms with Gasteiger partial charge in [0.2, 0.25) is 0 Å². The van der Waals surface area contributed by atoms with Gasteiger partial charge >= 0.3 is 6.09 Å². The summed E-state index contributed by atoms with van der Waals surface area (Å²) in [6.45, 7) is 5.53. The minimum Gasteiger partial charge on any atom is -0.443 e. The molecule has 0 bridgehead atoms. The highest BCUT2D eigenvalue weighted by Crippen LogP contribution is 2.33. The molecule has 0 fully saturated rings. The molecule has 1 aliphatic carbocycles. The van der Waals surface area contributed by atoms with Crippen LogP contribution in [0.4, 0.5) is 4.79 Å². The van der Waals surface area contributed by atoms with E-state index < -0.39 is 11.7 Å². The minimum absolute atomic E-state index is 0.280. The van der Waals surface area contributed by atoms with Crippen LogP contribution in [-0.2, 0) is 10.3 Å². The summed E-state index contributed by atoms with van der Waals surface area (Å²) in [5, 5.41) is 0. The number of carbonyl (C=O) groups excluding carboxylic acids is 1. The second kappa shape index (κ2) is 5.67. The summed E-state index contributed by atoms with van der Waals surface area (Å²) in [5.74, 6) is 0. The fourth-order valence-corrected chi connectivity index (χ4v) is 2.29. The first-order valence-corrected chi connectivity index (χ1v) is 6.88. The van der Waals surface area contributed by atoms with Crippen LogP contribution in [0.1, 0.15) is 39.2 Å². The second-order valence-corrected chi connectivity index (χ2v) is 6.08. The third kappa shape index (κ3) is 3.61. The highest BCUT2D eigenvalue weighted by Gasteiger charge is 2.33. The summed E-state index contributed by atoms with van der Waals surface area (Å²) in [4.78, 5) is 11.8. The van der Waals surface area contributed by atoms with Gasteiger partial charge in [-0.15, -0.1) is 0 Å². The van der Waals surface area contributed by atoms with E-state index in [9.17, 15) is 4.79 Å². The van der Waals surface area contributed by atoms with Gasteiger partial charge in [0.25, 0.3) is 0 Å². The molecular weight excluding hydrogens is 252 g/mol. The standard InChI is InChI=1S/C16H22N2O2/c1-15(2,3)20-14(19)17-18-16(11-7-8-12-16)13-9-5-4-6-10-13/h4-10,18H,11-12H2,1-3H3,(H,17,19). The molecule has 4 heteroatoms. The van der Waals surface area contributed by atoms with Crippen molar-refractivity contribution in [2.75, 3.05) is 0 Å². The van der Waals surface area contributed by atoms with Crippen molar-refractivity contribution in [3.05, 3.63) is 48.0 Å². The molecule has 0 aliphatic heterocycles. The van der Waals surface area contributed by atoms with Gasteiger partial charge in [0.05, 0.1) is 5.54 Å². The van der Waals surface area contributed by atoms with Crippen LogP contribution in [0.25, 0.3) is 0 Å². The molecule has 0 saturated carbocycles. The van der Waals surface area contributed by atoms with E-state index in [0.717, 1.165) is 18.4 Å². The summed E-state index contributed by atoms with van der Waals surface area (Å²) in [7, 11) is 0. The fraction of sp³-hybridized carbons (Fsp3) is 0.438. The van der Waals surface area contributed by atoms with Crippen molar-refractivity contribution >= 4 is 6.09 Å². The summed E-state index contributed by atoms with van der Waals surface area (Å²) in [5.41, 5.74) is 6.19. The lowest BCUT2D eigenvalue weighted by Crippen LogP contribution is -2.52. The maximum atomic E-state index is 11.8. The Morgan fingerprint density at radius 2 is 1.75 bits per heavy atom. The molecule has 0 heterocycles. The van der Waals surface area contributed by atoms with E-state index in [1.54, 1.807) is 0 Å². The number of nitrogens with one attached hydrogen (secondary N) is 2. The molecule has 0 radical (unpaired) electrons. The Bertz CT molecular complexity index is 481.